The van der Waals surface area contributed by atoms with E-state index < -0.39 is 5.54 Å². The summed E-state index contributed by atoms with van der Waals surface area (Å²) >= 11 is 0. The molecule has 0 bridgehead atoms. The summed E-state index contributed by atoms with van der Waals surface area (Å²) in [7, 11) is 0. The molecule has 0 radical (unpaired) electrons. The molecule has 22 heavy (non-hydrogen) atoms. The van der Waals surface area contributed by atoms with Gasteiger partial charge in [-0.3, -0.25) is 9.59 Å². The lowest BCUT2D eigenvalue weighted by Crippen LogP contribution is -2.59. The molecule has 0 atom stereocenters. The van der Waals surface area contributed by atoms with Crippen LogP contribution in [0.5, 0.6) is 0 Å². The number of nitrogens with zero attached hydrogens (tertiary/aromatic N) is 2. The van der Waals surface area contributed by atoms with Crippen LogP contribution in [0, 0.1) is 0 Å². The second kappa shape index (κ2) is 6.08. The maximum absolute atomic E-state index is 12.6. The standard InChI is InChI=1S/C17H23N3O2/c18-17(8-4-5-9-17)16(22)20-12-10-19(11-13-20)15(21)14-6-2-1-3-7-14/h1-3,6-7H,4-5,8-13,18H2. The van der Waals surface area contributed by atoms with Gasteiger partial charge in [-0.1, -0.05) is 31.0 Å². The van der Waals surface area contributed by atoms with E-state index in [9.17, 15) is 9.59 Å². The third-order valence-corrected chi connectivity index (χ3v) is 4.80. The minimum Gasteiger partial charge on any atom is -0.338 e. The van der Waals surface area contributed by atoms with E-state index in [2.05, 4.69) is 0 Å². The second-order valence-electron chi connectivity index (χ2n) is 6.31. The molecule has 1 aromatic carbocycles. The summed E-state index contributed by atoms with van der Waals surface area (Å²) < 4.78 is 0. The maximum Gasteiger partial charge on any atom is 0.253 e. The predicted octanol–water partition coefficient (Wildman–Crippen LogP) is 1.24. The van der Waals surface area contributed by atoms with E-state index in [4.69, 9.17) is 5.73 Å². The molecule has 2 N–H and O–H groups in total. The highest BCUT2D eigenvalue weighted by molar-refractivity contribution is 5.94. The molecule has 3 rings (SSSR count). The second-order valence-corrected chi connectivity index (χ2v) is 6.31. The Morgan fingerprint density at radius 3 is 2.05 bits per heavy atom. The Balaban J connectivity index is 1.58. The summed E-state index contributed by atoms with van der Waals surface area (Å²) in [5.74, 6) is 0.104. The van der Waals surface area contributed by atoms with Crippen molar-refractivity contribution in [2.75, 3.05) is 26.2 Å². The number of carbonyl (C=O) groups excluding carboxylic acids is 2. The Kier molecular flexibility index (Phi) is 4.16. The average Bonchev–Trinajstić information content (AvgIpc) is 3.02. The molecule has 5 nitrogen and oxygen atoms in total. The first-order chi connectivity index (χ1) is 10.6. The number of hydrogen-bond acceptors (Lipinski definition) is 3. The van der Waals surface area contributed by atoms with Crippen LogP contribution in [0.4, 0.5) is 0 Å². The Labute approximate surface area is 131 Å². The fraction of sp³-hybridized carbons (Fsp3) is 0.529. The van der Waals surface area contributed by atoms with Crippen LogP contribution in [0.2, 0.25) is 0 Å². The third-order valence-electron chi connectivity index (χ3n) is 4.80. The van der Waals surface area contributed by atoms with Crippen LogP contribution < -0.4 is 5.73 Å². The van der Waals surface area contributed by atoms with E-state index in [1.165, 1.54) is 0 Å². The Morgan fingerprint density at radius 1 is 0.909 bits per heavy atom. The van der Waals surface area contributed by atoms with Crippen molar-refractivity contribution >= 4 is 11.8 Å². The van der Waals surface area contributed by atoms with Gasteiger partial charge in [-0.25, -0.2) is 0 Å². The monoisotopic (exact) mass is 301 g/mol. The zero-order valence-electron chi connectivity index (χ0n) is 12.8. The van der Waals surface area contributed by atoms with Crippen LogP contribution >= 0.6 is 0 Å². The van der Waals surface area contributed by atoms with Gasteiger partial charge < -0.3 is 15.5 Å². The van der Waals surface area contributed by atoms with Gasteiger partial charge in [0.25, 0.3) is 5.91 Å². The van der Waals surface area contributed by atoms with Crippen LogP contribution in [-0.4, -0.2) is 53.3 Å². The molecule has 0 aromatic heterocycles. The first kappa shape index (κ1) is 15.0. The number of hydrogen-bond donors (Lipinski definition) is 1. The largest absolute Gasteiger partial charge is 0.338 e. The minimum atomic E-state index is -0.661. The number of carbonyl (C=O) groups is 2. The molecule has 1 heterocycles. The fourth-order valence-electron chi connectivity index (χ4n) is 3.41. The Bertz CT molecular complexity index is 544. The highest BCUT2D eigenvalue weighted by Gasteiger charge is 2.40. The molecule has 5 heteroatoms. The SMILES string of the molecule is NC1(C(=O)N2CCN(C(=O)c3ccccc3)CC2)CCCC1. The summed E-state index contributed by atoms with van der Waals surface area (Å²) in [6, 6.07) is 9.28. The maximum atomic E-state index is 12.6. The van der Waals surface area contributed by atoms with Gasteiger partial charge in [0.1, 0.15) is 0 Å². The lowest BCUT2D eigenvalue weighted by atomic mass is 9.97. The van der Waals surface area contributed by atoms with Crippen molar-refractivity contribution in [1.29, 1.82) is 0 Å². The van der Waals surface area contributed by atoms with Crippen molar-refractivity contribution < 1.29 is 9.59 Å². The minimum absolute atomic E-state index is 0.0380. The Hall–Kier alpha value is -1.88. The fourth-order valence-corrected chi connectivity index (χ4v) is 3.41. The molecule has 0 unspecified atom stereocenters. The molecule has 1 saturated carbocycles. The van der Waals surface area contributed by atoms with E-state index in [1.54, 1.807) is 0 Å². The normalized spacial score (nSPS) is 21.0. The van der Waals surface area contributed by atoms with Crippen LogP contribution in [-0.2, 0) is 4.79 Å². The van der Waals surface area contributed by atoms with Gasteiger partial charge in [0.2, 0.25) is 5.91 Å². The molecular weight excluding hydrogens is 278 g/mol. The highest BCUT2D eigenvalue weighted by Crippen LogP contribution is 2.29. The molecule has 1 aliphatic carbocycles. The number of nitrogens with two attached hydrogens (primary N) is 1. The van der Waals surface area contributed by atoms with E-state index in [-0.39, 0.29) is 11.8 Å². The summed E-state index contributed by atoms with van der Waals surface area (Å²) in [5.41, 5.74) is 6.29. The number of amides is 2. The quantitative estimate of drug-likeness (QED) is 0.894. The highest BCUT2D eigenvalue weighted by atomic mass is 16.2. The molecule has 0 spiro atoms. The van der Waals surface area contributed by atoms with E-state index in [1.807, 2.05) is 40.1 Å². The molecular formula is C17H23N3O2. The van der Waals surface area contributed by atoms with Crippen molar-refractivity contribution in [2.45, 2.75) is 31.2 Å². The number of piperazine rings is 1. The molecule has 2 fully saturated rings. The van der Waals surface area contributed by atoms with Gasteiger partial charge in [0, 0.05) is 31.7 Å². The molecule has 1 aromatic rings. The van der Waals surface area contributed by atoms with Crippen molar-refractivity contribution in [1.82, 2.24) is 9.80 Å². The summed E-state index contributed by atoms with van der Waals surface area (Å²) in [4.78, 5) is 28.6. The van der Waals surface area contributed by atoms with Gasteiger partial charge >= 0.3 is 0 Å². The van der Waals surface area contributed by atoms with Gasteiger partial charge in [-0.05, 0) is 25.0 Å². The Morgan fingerprint density at radius 2 is 1.45 bits per heavy atom. The van der Waals surface area contributed by atoms with Crippen LogP contribution in [0.15, 0.2) is 30.3 Å². The number of benzene rings is 1. The first-order valence-electron chi connectivity index (χ1n) is 8.03. The van der Waals surface area contributed by atoms with Gasteiger partial charge in [0.05, 0.1) is 5.54 Å². The lowest BCUT2D eigenvalue weighted by Gasteiger charge is -2.38. The summed E-state index contributed by atoms with van der Waals surface area (Å²) in [6.07, 6.45) is 3.65. The average molecular weight is 301 g/mol. The summed E-state index contributed by atoms with van der Waals surface area (Å²) in [5, 5.41) is 0. The van der Waals surface area contributed by atoms with E-state index in [0.29, 0.717) is 31.7 Å². The van der Waals surface area contributed by atoms with E-state index >= 15 is 0 Å². The number of rotatable bonds is 2. The van der Waals surface area contributed by atoms with Crippen molar-refractivity contribution in [3.05, 3.63) is 35.9 Å². The molecule has 2 amide bonds. The van der Waals surface area contributed by atoms with Crippen molar-refractivity contribution in [3.63, 3.8) is 0 Å². The molecule has 1 saturated heterocycles. The molecule has 1 aliphatic heterocycles. The van der Waals surface area contributed by atoms with Crippen molar-refractivity contribution in [2.24, 2.45) is 5.73 Å². The van der Waals surface area contributed by atoms with Crippen LogP contribution in [0.25, 0.3) is 0 Å². The van der Waals surface area contributed by atoms with Gasteiger partial charge in [-0.15, -0.1) is 0 Å². The van der Waals surface area contributed by atoms with Crippen molar-refractivity contribution in [3.8, 4) is 0 Å². The van der Waals surface area contributed by atoms with E-state index in [0.717, 1.165) is 25.7 Å². The zero-order valence-corrected chi connectivity index (χ0v) is 12.8. The molecule has 118 valence electrons. The van der Waals surface area contributed by atoms with Gasteiger partial charge in [0.15, 0.2) is 0 Å². The lowest BCUT2D eigenvalue weighted by molar-refractivity contribution is -0.138. The van der Waals surface area contributed by atoms with Crippen LogP contribution in [0.3, 0.4) is 0 Å². The summed E-state index contributed by atoms with van der Waals surface area (Å²) in [6.45, 7) is 2.32. The zero-order chi connectivity index (χ0) is 15.6. The smallest absolute Gasteiger partial charge is 0.253 e. The van der Waals surface area contributed by atoms with Crippen LogP contribution in [0.1, 0.15) is 36.0 Å². The molecule has 2 aliphatic rings. The third kappa shape index (κ3) is 2.86. The first-order valence-corrected chi connectivity index (χ1v) is 8.03. The topological polar surface area (TPSA) is 66.6 Å². The van der Waals surface area contributed by atoms with Gasteiger partial charge in [-0.2, -0.15) is 0 Å². The predicted molar refractivity (Wildman–Crippen MR) is 84.3 cm³/mol.